The fraction of sp³-hybridized carbons (Fsp3) is 0.571. The molecule has 2 aliphatic heterocycles. The SMILES string of the molecule is CN1CC(c2ccc(C3CNCCO3)cc2Cl)C1. The van der Waals surface area contributed by atoms with Crippen molar-refractivity contribution in [3.8, 4) is 0 Å². The van der Waals surface area contributed by atoms with Crippen LogP contribution in [0.3, 0.4) is 0 Å². The third kappa shape index (κ3) is 2.41. The monoisotopic (exact) mass is 266 g/mol. The second-order valence-electron chi connectivity index (χ2n) is 5.26. The van der Waals surface area contributed by atoms with Gasteiger partial charge in [0, 0.05) is 37.1 Å². The summed E-state index contributed by atoms with van der Waals surface area (Å²) in [5.74, 6) is 0.599. The zero-order valence-corrected chi connectivity index (χ0v) is 11.4. The lowest BCUT2D eigenvalue weighted by atomic mass is 9.91. The minimum absolute atomic E-state index is 0.148. The van der Waals surface area contributed by atoms with Gasteiger partial charge in [-0.1, -0.05) is 23.7 Å². The number of likely N-dealkylation sites (tertiary alicyclic amines) is 1. The maximum Gasteiger partial charge on any atom is 0.0950 e. The van der Waals surface area contributed by atoms with Gasteiger partial charge >= 0.3 is 0 Å². The van der Waals surface area contributed by atoms with E-state index in [2.05, 4.69) is 35.5 Å². The highest BCUT2D eigenvalue weighted by atomic mass is 35.5. The molecule has 0 radical (unpaired) electrons. The summed E-state index contributed by atoms with van der Waals surface area (Å²) in [7, 11) is 2.14. The van der Waals surface area contributed by atoms with Crippen molar-refractivity contribution in [1.82, 2.24) is 10.2 Å². The highest BCUT2D eigenvalue weighted by Gasteiger charge is 2.27. The normalized spacial score (nSPS) is 26.0. The quantitative estimate of drug-likeness (QED) is 0.887. The van der Waals surface area contributed by atoms with Crippen molar-refractivity contribution in [1.29, 1.82) is 0 Å². The predicted octanol–water partition coefficient (Wildman–Crippen LogP) is 2.03. The van der Waals surface area contributed by atoms with Crippen molar-refractivity contribution in [2.45, 2.75) is 12.0 Å². The minimum atomic E-state index is 0.148. The van der Waals surface area contributed by atoms with Crippen molar-refractivity contribution in [3.05, 3.63) is 34.3 Å². The highest BCUT2D eigenvalue weighted by molar-refractivity contribution is 6.31. The number of halogens is 1. The Balaban J connectivity index is 1.75. The van der Waals surface area contributed by atoms with Crippen LogP contribution >= 0.6 is 11.6 Å². The zero-order chi connectivity index (χ0) is 12.5. The third-order valence-corrected chi connectivity index (χ3v) is 4.16. The molecule has 3 nitrogen and oxygen atoms in total. The summed E-state index contributed by atoms with van der Waals surface area (Å²) in [6.45, 7) is 4.82. The van der Waals surface area contributed by atoms with Crippen LogP contribution in [-0.2, 0) is 4.74 Å². The zero-order valence-electron chi connectivity index (χ0n) is 10.7. The van der Waals surface area contributed by atoms with Gasteiger partial charge in [-0.25, -0.2) is 0 Å². The van der Waals surface area contributed by atoms with Gasteiger partial charge in [0.15, 0.2) is 0 Å². The van der Waals surface area contributed by atoms with Crippen molar-refractivity contribution in [2.75, 3.05) is 39.8 Å². The first-order valence-corrected chi connectivity index (χ1v) is 6.92. The third-order valence-electron chi connectivity index (χ3n) is 3.83. The van der Waals surface area contributed by atoms with E-state index < -0.39 is 0 Å². The maximum absolute atomic E-state index is 6.41. The number of likely N-dealkylation sites (N-methyl/N-ethyl adjacent to an activating group) is 1. The Bertz CT molecular complexity index is 426. The lowest BCUT2D eigenvalue weighted by molar-refractivity contribution is 0.0277. The summed E-state index contributed by atoms with van der Waals surface area (Å²) in [6, 6.07) is 6.41. The van der Waals surface area contributed by atoms with Gasteiger partial charge in [-0.05, 0) is 24.2 Å². The van der Waals surface area contributed by atoms with Crippen molar-refractivity contribution in [2.24, 2.45) is 0 Å². The standard InChI is InChI=1S/C14H19ClN2O/c1-17-8-11(9-17)12-3-2-10(6-13(12)15)14-7-16-4-5-18-14/h2-3,6,11,14,16H,4-5,7-9H2,1H3. The number of nitrogens with zero attached hydrogens (tertiary/aromatic N) is 1. The van der Waals surface area contributed by atoms with E-state index in [0.29, 0.717) is 5.92 Å². The van der Waals surface area contributed by atoms with E-state index in [9.17, 15) is 0 Å². The van der Waals surface area contributed by atoms with Crippen LogP contribution in [-0.4, -0.2) is 44.7 Å². The lowest BCUT2D eigenvalue weighted by Crippen LogP contribution is -2.41. The minimum Gasteiger partial charge on any atom is -0.371 e. The van der Waals surface area contributed by atoms with E-state index >= 15 is 0 Å². The Morgan fingerprint density at radius 1 is 1.39 bits per heavy atom. The summed E-state index contributed by atoms with van der Waals surface area (Å²) in [6.07, 6.45) is 0.148. The Morgan fingerprint density at radius 2 is 2.22 bits per heavy atom. The van der Waals surface area contributed by atoms with Crippen molar-refractivity contribution >= 4 is 11.6 Å². The van der Waals surface area contributed by atoms with Gasteiger partial charge in [-0.15, -0.1) is 0 Å². The molecule has 1 unspecified atom stereocenters. The van der Waals surface area contributed by atoms with Crippen LogP contribution in [0.2, 0.25) is 5.02 Å². The predicted molar refractivity (Wildman–Crippen MR) is 73.3 cm³/mol. The Hall–Kier alpha value is -0.610. The number of nitrogens with one attached hydrogen (secondary N) is 1. The van der Waals surface area contributed by atoms with Gasteiger partial charge in [0.1, 0.15) is 0 Å². The summed E-state index contributed by atoms with van der Waals surface area (Å²) in [5.41, 5.74) is 2.46. The average molecular weight is 267 g/mol. The molecule has 4 heteroatoms. The van der Waals surface area contributed by atoms with Crippen LogP contribution in [0.15, 0.2) is 18.2 Å². The van der Waals surface area contributed by atoms with Crippen molar-refractivity contribution in [3.63, 3.8) is 0 Å². The van der Waals surface area contributed by atoms with Crippen LogP contribution in [0.25, 0.3) is 0 Å². The molecule has 1 N–H and O–H groups in total. The van der Waals surface area contributed by atoms with E-state index in [1.54, 1.807) is 0 Å². The second kappa shape index (κ2) is 5.17. The van der Waals surface area contributed by atoms with Crippen molar-refractivity contribution < 1.29 is 4.74 Å². The average Bonchev–Trinajstić information content (AvgIpc) is 2.36. The fourth-order valence-electron chi connectivity index (χ4n) is 2.75. The van der Waals surface area contributed by atoms with Gasteiger partial charge in [-0.3, -0.25) is 0 Å². The molecule has 2 aliphatic rings. The maximum atomic E-state index is 6.41. The summed E-state index contributed by atoms with van der Waals surface area (Å²) >= 11 is 6.41. The van der Waals surface area contributed by atoms with E-state index in [0.717, 1.165) is 37.8 Å². The lowest BCUT2D eigenvalue weighted by Gasteiger charge is -2.37. The Kier molecular flexibility index (Phi) is 3.57. The molecule has 2 fully saturated rings. The topological polar surface area (TPSA) is 24.5 Å². The molecular formula is C14H19ClN2O. The number of hydrogen-bond donors (Lipinski definition) is 1. The molecule has 0 saturated carbocycles. The number of rotatable bonds is 2. The van der Waals surface area contributed by atoms with Gasteiger partial charge in [0.2, 0.25) is 0 Å². The molecule has 1 aromatic rings. The first kappa shape index (κ1) is 12.4. The smallest absolute Gasteiger partial charge is 0.0950 e. The van der Waals surface area contributed by atoms with E-state index in [-0.39, 0.29) is 6.10 Å². The van der Waals surface area contributed by atoms with Crippen LogP contribution in [0, 0.1) is 0 Å². The van der Waals surface area contributed by atoms with Gasteiger partial charge < -0.3 is 15.0 Å². The molecule has 0 spiro atoms. The van der Waals surface area contributed by atoms with Gasteiger partial charge in [0.05, 0.1) is 12.7 Å². The Morgan fingerprint density at radius 3 is 2.83 bits per heavy atom. The van der Waals surface area contributed by atoms with Crippen LogP contribution in [0.5, 0.6) is 0 Å². The fourth-order valence-corrected chi connectivity index (χ4v) is 3.09. The summed E-state index contributed by atoms with van der Waals surface area (Å²) < 4.78 is 5.75. The summed E-state index contributed by atoms with van der Waals surface area (Å²) in [4.78, 5) is 2.31. The summed E-state index contributed by atoms with van der Waals surface area (Å²) in [5, 5.41) is 4.23. The largest absolute Gasteiger partial charge is 0.371 e. The van der Waals surface area contributed by atoms with Gasteiger partial charge in [-0.2, -0.15) is 0 Å². The highest BCUT2D eigenvalue weighted by Crippen LogP contribution is 2.33. The molecule has 0 aliphatic carbocycles. The molecule has 1 aromatic carbocycles. The Labute approximate surface area is 113 Å². The molecule has 1 atom stereocenters. The number of hydrogen-bond acceptors (Lipinski definition) is 3. The number of morpholine rings is 1. The molecule has 2 saturated heterocycles. The number of ether oxygens (including phenoxy) is 1. The van der Waals surface area contributed by atoms with Crippen LogP contribution in [0.1, 0.15) is 23.1 Å². The molecule has 0 amide bonds. The molecule has 0 aromatic heterocycles. The van der Waals surface area contributed by atoms with Crippen LogP contribution < -0.4 is 5.32 Å². The van der Waals surface area contributed by atoms with E-state index in [4.69, 9.17) is 16.3 Å². The second-order valence-corrected chi connectivity index (χ2v) is 5.67. The molecule has 3 rings (SSSR count). The van der Waals surface area contributed by atoms with E-state index in [1.165, 1.54) is 11.1 Å². The van der Waals surface area contributed by atoms with Crippen LogP contribution in [0.4, 0.5) is 0 Å². The molecule has 0 bridgehead atoms. The molecule has 2 heterocycles. The van der Waals surface area contributed by atoms with Gasteiger partial charge in [0.25, 0.3) is 0 Å². The molecule has 98 valence electrons. The molecular weight excluding hydrogens is 248 g/mol. The number of benzene rings is 1. The van der Waals surface area contributed by atoms with E-state index in [1.807, 2.05) is 0 Å². The first-order chi connectivity index (χ1) is 8.74. The first-order valence-electron chi connectivity index (χ1n) is 6.54. The molecule has 18 heavy (non-hydrogen) atoms.